The zero-order valence-corrected chi connectivity index (χ0v) is 76.2. The number of allylic oxidation sites excluding steroid dienone is 1. The molecule has 752 valence electrons. The summed E-state index contributed by atoms with van der Waals surface area (Å²) in [6.45, 7) is 0.142. The van der Waals surface area contributed by atoms with Crippen molar-refractivity contribution in [2.75, 3.05) is 46.2 Å². The Morgan fingerprint density at radius 3 is 1.22 bits per heavy atom. The van der Waals surface area contributed by atoms with E-state index in [2.05, 4.69) is 35.1 Å². The van der Waals surface area contributed by atoms with E-state index in [9.17, 15) is 121 Å². The van der Waals surface area contributed by atoms with E-state index < -0.39 is 278 Å². The van der Waals surface area contributed by atoms with Crippen LogP contribution in [0.25, 0.3) is 0 Å². The number of carboxylic acid groups (broad SMARTS) is 1. The molecule has 6 aliphatic rings. The van der Waals surface area contributed by atoms with Gasteiger partial charge in [0.05, 0.1) is 70.5 Å². The first kappa shape index (κ1) is 114. The van der Waals surface area contributed by atoms with Gasteiger partial charge in [0.2, 0.25) is 23.6 Å². The van der Waals surface area contributed by atoms with Gasteiger partial charge in [-0.2, -0.15) is 0 Å². The zero-order chi connectivity index (χ0) is 94.7. The summed E-state index contributed by atoms with van der Waals surface area (Å²) in [5, 5.41) is 225. The molecule has 0 aromatic heterocycles. The van der Waals surface area contributed by atoms with Crippen molar-refractivity contribution in [2.24, 2.45) is 0 Å². The van der Waals surface area contributed by atoms with Crippen LogP contribution >= 0.6 is 0 Å². The molecule has 0 saturated carbocycles. The van der Waals surface area contributed by atoms with Gasteiger partial charge in [-0.1, -0.05) is 231 Å². The molecule has 0 aromatic rings. The number of ether oxygens (including phenoxy) is 12. The molecule has 0 aliphatic carbocycles. The maximum absolute atomic E-state index is 13.7. The lowest BCUT2D eigenvalue weighted by Gasteiger charge is -2.52. The fraction of sp³-hybridized carbons (Fsp3) is 0.921. The lowest BCUT2D eigenvalue weighted by atomic mass is 9.88. The number of amides is 4. The number of nitrogens with one attached hydrogen (secondary N) is 4. The molecule has 6 aliphatic heterocycles. The monoisotopic (exact) mass is 1860 g/mol. The number of hydrogen-bond acceptors (Lipinski definition) is 35. The highest BCUT2D eigenvalue weighted by Gasteiger charge is 2.62. The molecule has 4 amide bonds. The maximum atomic E-state index is 13.7. The van der Waals surface area contributed by atoms with Gasteiger partial charge in [0.15, 0.2) is 31.5 Å². The van der Waals surface area contributed by atoms with E-state index in [0.717, 1.165) is 78.6 Å². The van der Waals surface area contributed by atoms with Gasteiger partial charge >= 0.3 is 5.97 Å². The molecule has 6 fully saturated rings. The fourth-order valence-electron chi connectivity index (χ4n) is 17.6. The van der Waals surface area contributed by atoms with Crippen LogP contribution in [0.3, 0.4) is 0 Å². The average molecular weight is 1860 g/mol. The van der Waals surface area contributed by atoms with Crippen LogP contribution in [0, 0.1) is 0 Å². The van der Waals surface area contributed by atoms with Crippen molar-refractivity contribution in [3.63, 3.8) is 0 Å². The van der Waals surface area contributed by atoms with Crippen molar-refractivity contribution in [3.05, 3.63) is 12.2 Å². The predicted octanol–water partition coefficient (Wildman–Crippen LogP) is 0.0464. The van der Waals surface area contributed by atoms with Gasteiger partial charge < -0.3 is 175 Å². The number of carbonyl (C=O) groups is 5. The van der Waals surface area contributed by atoms with Crippen LogP contribution in [0.15, 0.2) is 12.2 Å². The summed E-state index contributed by atoms with van der Waals surface area (Å²) in [6.07, 6.45) is -14.4. The molecule has 33 atom stereocenters. The van der Waals surface area contributed by atoms with Crippen LogP contribution < -0.4 is 21.3 Å². The normalized spacial score (nSPS) is 34.3. The molecular formula is C89H160N4O36. The minimum Gasteiger partial charge on any atom is -0.477 e. The zero-order valence-electron chi connectivity index (χ0n) is 76.2. The second kappa shape index (κ2) is 61.2. The number of aliphatic hydroxyl groups is 18. The number of aliphatic carboxylic acids is 1. The molecule has 6 saturated heterocycles. The van der Waals surface area contributed by atoms with Gasteiger partial charge in [0.1, 0.15) is 140 Å². The topological polar surface area (TPSA) is 629 Å². The number of unbranched alkanes of at least 4 members (excludes halogenated alkanes) is 33. The van der Waals surface area contributed by atoms with Crippen molar-refractivity contribution < 1.29 is 178 Å². The van der Waals surface area contributed by atoms with Gasteiger partial charge in [0.25, 0.3) is 5.79 Å². The highest BCUT2D eigenvalue weighted by atomic mass is 16.8. The van der Waals surface area contributed by atoms with Crippen molar-refractivity contribution in [3.8, 4) is 0 Å². The van der Waals surface area contributed by atoms with Crippen LogP contribution in [0.5, 0.6) is 0 Å². The molecule has 0 radical (unpaired) electrons. The van der Waals surface area contributed by atoms with E-state index in [1.165, 1.54) is 154 Å². The summed E-state index contributed by atoms with van der Waals surface area (Å²) in [4.78, 5) is 65.4. The fourth-order valence-corrected chi connectivity index (χ4v) is 17.6. The number of rotatable bonds is 64. The molecule has 6 heterocycles. The first-order valence-electron chi connectivity index (χ1n) is 47.6. The molecule has 129 heavy (non-hydrogen) atoms. The van der Waals surface area contributed by atoms with Gasteiger partial charge in [-0.25, -0.2) is 4.79 Å². The van der Waals surface area contributed by atoms with E-state index >= 15 is 0 Å². The van der Waals surface area contributed by atoms with Crippen molar-refractivity contribution in [1.29, 1.82) is 0 Å². The van der Waals surface area contributed by atoms with Crippen molar-refractivity contribution >= 4 is 29.6 Å². The standard InChI is InChI=1S/C89H160N4O36/c1-6-8-10-12-14-16-18-20-21-22-23-24-25-26-27-28-29-31-33-35-37-39-41-43-64(106)93-55(56(103)42-40-38-36-34-32-30-19-17-15-13-11-9-7-2)51-118-85-74(113)73(112)78(62(49-98)122-85)125-87-76(115)82(79(63(50-99)123-87)126-83-66(91-53(4)101)71(110)69(108)59(46-95)119-83)127-84-67(92-54(5)102)72(111)77(61(48-97)121-84)124-86-75(114)81(70(109)60(47-96)120-86)129-89(88(116)117)44-57(104)65(90-52(3)100)80(128-89)68(107)58(105)45-94/h40,42,55-63,65-87,94-99,103-105,107-115H,6-39,41,43-51H2,1-5H3,(H,90,100)(H,91,101)(H,92,102)(H,93,106)(H,116,117)/b42-40+/t55-,56+,57?,58+,59?,60?,61?,62?,63?,65+,66?,67?,68+,69-,70-,71+,72+,73+,74?,75?,76?,77+,78+,79-,80?,81-,82+,83-,84-,85+,86-,87-,89-/m0/s1. The third-order valence-electron chi connectivity index (χ3n) is 25.1. The van der Waals surface area contributed by atoms with Crippen molar-refractivity contribution in [2.45, 2.75) is 474 Å². The number of aliphatic hydroxyl groups excluding tert-OH is 18. The summed E-state index contributed by atoms with van der Waals surface area (Å²) >= 11 is 0. The first-order valence-corrected chi connectivity index (χ1v) is 47.6. The molecule has 23 N–H and O–H groups in total. The summed E-state index contributed by atoms with van der Waals surface area (Å²) in [7, 11) is 0. The summed E-state index contributed by atoms with van der Waals surface area (Å²) < 4.78 is 72.6. The Kier molecular flexibility index (Phi) is 53.9. The molecule has 0 aromatic carbocycles. The Morgan fingerprint density at radius 2 is 0.775 bits per heavy atom. The second-order valence-corrected chi connectivity index (χ2v) is 35.6. The number of hydrogen-bond donors (Lipinski definition) is 23. The third-order valence-corrected chi connectivity index (χ3v) is 25.1. The van der Waals surface area contributed by atoms with E-state index in [-0.39, 0.29) is 12.3 Å². The highest BCUT2D eigenvalue weighted by Crippen LogP contribution is 2.41. The Balaban J connectivity index is 1.18. The smallest absolute Gasteiger partial charge is 0.364 e. The molecule has 12 unspecified atom stereocenters. The molecule has 6 rings (SSSR count). The number of carboxylic acids is 1. The first-order chi connectivity index (χ1) is 61.9. The van der Waals surface area contributed by atoms with E-state index in [0.29, 0.717) is 12.8 Å². The Labute approximate surface area is 758 Å². The Morgan fingerprint density at radius 1 is 0.403 bits per heavy atom. The highest BCUT2D eigenvalue weighted by molar-refractivity contribution is 5.77. The Hall–Kier alpha value is -4.11. The second-order valence-electron chi connectivity index (χ2n) is 35.6. The minimum atomic E-state index is -3.26. The van der Waals surface area contributed by atoms with Gasteiger partial charge in [0, 0.05) is 33.6 Å². The van der Waals surface area contributed by atoms with E-state index in [4.69, 9.17) is 56.8 Å². The van der Waals surface area contributed by atoms with Crippen LogP contribution in [-0.2, 0) is 80.8 Å². The molecule has 0 bridgehead atoms. The summed E-state index contributed by atoms with van der Waals surface area (Å²) in [6, 6.07) is -6.63. The SMILES string of the molecule is CCCCCCCCCCCCC/C=C/[C@@H](O)[C@H](CO[C@@H]1OC(CO)[C@@H](O[C@@H]2OC(CO)[C@H](O[C@@H]3OC(CO)[C@H](O)[C@H](O)C3NC(C)=O)[C@H](O[C@@H]3OC(CO)[C@@H](O[C@@H]4OC(CO)[C@H](O)[C@H](O[C@]5(C(=O)O)CC(O)[C@@H](NC(C)=O)C([C@H](O)[C@H](O)CO)O5)C4O)[C@H](O)C3NC(C)=O)C2O)[C@H](O)C1O)NC(=O)CCCCCCCCCCCCCCCCCCCCCCCCC. The van der Waals surface area contributed by atoms with Gasteiger partial charge in [-0.05, 0) is 19.3 Å². The van der Waals surface area contributed by atoms with Gasteiger partial charge in [-0.15, -0.1) is 0 Å². The average Bonchev–Trinajstić information content (AvgIpc) is 0.750. The Bertz CT molecular complexity index is 3110. The van der Waals surface area contributed by atoms with E-state index in [1.807, 2.05) is 6.08 Å². The van der Waals surface area contributed by atoms with Crippen LogP contribution in [0.1, 0.15) is 272 Å². The van der Waals surface area contributed by atoms with Gasteiger partial charge in [-0.3, -0.25) is 19.2 Å². The number of carbonyl (C=O) groups excluding carboxylic acids is 4. The molecular weight excluding hydrogens is 1700 g/mol. The third kappa shape index (κ3) is 36.1. The molecule has 40 nitrogen and oxygen atoms in total. The quantitative estimate of drug-likeness (QED) is 0.0282. The largest absolute Gasteiger partial charge is 0.477 e. The summed E-state index contributed by atoms with van der Waals surface area (Å²) in [5.74, 6) is -8.40. The summed E-state index contributed by atoms with van der Waals surface area (Å²) in [5.41, 5.74) is 0. The predicted molar refractivity (Wildman–Crippen MR) is 460 cm³/mol. The van der Waals surface area contributed by atoms with Crippen molar-refractivity contribution in [1.82, 2.24) is 21.3 Å². The molecule has 40 heteroatoms. The lowest BCUT2D eigenvalue weighted by Crippen LogP contribution is -2.72. The lowest BCUT2D eigenvalue weighted by molar-refractivity contribution is -0.398. The molecule has 0 spiro atoms. The van der Waals surface area contributed by atoms with Crippen LogP contribution in [-0.4, -0.2) is 375 Å². The van der Waals surface area contributed by atoms with Crippen LogP contribution in [0.4, 0.5) is 0 Å². The minimum absolute atomic E-state index is 0.132. The van der Waals surface area contributed by atoms with E-state index in [1.54, 1.807) is 6.08 Å². The van der Waals surface area contributed by atoms with Crippen LogP contribution in [0.2, 0.25) is 0 Å². The maximum Gasteiger partial charge on any atom is 0.364 e.